The lowest BCUT2D eigenvalue weighted by Crippen LogP contribution is -2.19. The van der Waals surface area contributed by atoms with Crippen LogP contribution in [0.3, 0.4) is 0 Å². The summed E-state index contributed by atoms with van der Waals surface area (Å²) in [6.45, 7) is 5.93. The molecule has 0 saturated carbocycles. The van der Waals surface area contributed by atoms with E-state index in [-0.39, 0.29) is 0 Å². The fraction of sp³-hybridized carbons (Fsp3) is 0.444. The van der Waals surface area contributed by atoms with Crippen molar-refractivity contribution in [2.75, 3.05) is 13.2 Å². The summed E-state index contributed by atoms with van der Waals surface area (Å²) < 4.78 is 5.56. The van der Waals surface area contributed by atoms with Crippen LogP contribution < -0.4 is 0 Å². The molecule has 0 unspecified atom stereocenters. The summed E-state index contributed by atoms with van der Waals surface area (Å²) in [6.07, 6.45) is 5.52. The third-order valence-corrected chi connectivity index (χ3v) is 3.82. The molecule has 108 valence electrons. The summed E-state index contributed by atoms with van der Waals surface area (Å²) in [4.78, 5) is 0. The molecule has 1 aromatic carbocycles. The van der Waals surface area contributed by atoms with Gasteiger partial charge in [0.25, 0.3) is 0 Å². The van der Waals surface area contributed by atoms with Gasteiger partial charge in [-0.05, 0) is 32.3 Å². The molecule has 1 aromatic rings. The lowest BCUT2D eigenvalue weighted by Gasteiger charge is -2.24. The highest BCUT2D eigenvalue weighted by atomic mass is 16.5. The van der Waals surface area contributed by atoms with Gasteiger partial charge in [-0.1, -0.05) is 53.6 Å². The van der Waals surface area contributed by atoms with E-state index in [1.165, 1.54) is 11.1 Å². The Morgan fingerprint density at radius 2 is 2.10 bits per heavy atom. The summed E-state index contributed by atoms with van der Waals surface area (Å²) in [5.41, 5.74) is 3.85. The van der Waals surface area contributed by atoms with E-state index in [1.54, 1.807) is 0 Å². The van der Waals surface area contributed by atoms with Gasteiger partial charge in [-0.3, -0.25) is 0 Å². The second kappa shape index (κ2) is 7.41. The maximum atomic E-state index is 10.1. The maximum absolute atomic E-state index is 10.1. The van der Waals surface area contributed by atoms with E-state index in [2.05, 4.69) is 26.0 Å². The highest BCUT2D eigenvalue weighted by Gasteiger charge is 2.17. The second-order valence-corrected chi connectivity index (χ2v) is 5.55. The molecule has 1 aliphatic heterocycles. The lowest BCUT2D eigenvalue weighted by atomic mass is 9.90. The predicted octanol–water partition coefficient (Wildman–Crippen LogP) is 4.04. The van der Waals surface area contributed by atoms with Gasteiger partial charge >= 0.3 is 0 Å². The molecule has 2 atom stereocenters. The van der Waals surface area contributed by atoms with Crippen LogP contribution in [0.1, 0.15) is 38.4 Å². The molecule has 2 nitrogen and oxygen atoms in total. The average molecular weight is 272 g/mol. The van der Waals surface area contributed by atoms with Crippen LogP contribution >= 0.6 is 0 Å². The predicted molar refractivity (Wildman–Crippen MR) is 82.5 cm³/mol. The molecule has 2 heteroatoms. The Hall–Kier alpha value is -1.38. The molecule has 1 N–H and O–H groups in total. The third kappa shape index (κ3) is 4.06. The van der Waals surface area contributed by atoms with Gasteiger partial charge in [-0.15, -0.1) is 0 Å². The van der Waals surface area contributed by atoms with Gasteiger partial charge in [-0.2, -0.15) is 0 Å². The minimum Gasteiger partial charge on any atom is -0.388 e. The van der Waals surface area contributed by atoms with E-state index in [4.69, 9.17) is 4.74 Å². The first kappa shape index (κ1) is 15.0. The fourth-order valence-electron chi connectivity index (χ4n) is 2.65. The Kier molecular flexibility index (Phi) is 5.57. The van der Waals surface area contributed by atoms with Crippen LogP contribution in [-0.4, -0.2) is 18.3 Å². The van der Waals surface area contributed by atoms with Crippen molar-refractivity contribution in [1.29, 1.82) is 0 Å². The van der Waals surface area contributed by atoms with Crippen LogP contribution in [0.2, 0.25) is 0 Å². The number of aliphatic hydroxyl groups is 1. The van der Waals surface area contributed by atoms with E-state index in [0.717, 1.165) is 25.2 Å². The summed E-state index contributed by atoms with van der Waals surface area (Å²) in [7, 11) is 0. The van der Waals surface area contributed by atoms with Gasteiger partial charge in [0.15, 0.2) is 0 Å². The van der Waals surface area contributed by atoms with Crippen molar-refractivity contribution in [3.05, 3.63) is 59.2 Å². The Morgan fingerprint density at radius 3 is 2.80 bits per heavy atom. The van der Waals surface area contributed by atoms with Crippen molar-refractivity contribution in [2.24, 2.45) is 5.92 Å². The zero-order valence-electron chi connectivity index (χ0n) is 12.4. The zero-order valence-corrected chi connectivity index (χ0v) is 12.4. The number of aliphatic hydroxyl groups excluding tert-OH is 1. The number of hydrogen-bond donors (Lipinski definition) is 1. The van der Waals surface area contributed by atoms with Gasteiger partial charge < -0.3 is 9.84 Å². The third-order valence-electron chi connectivity index (χ3n) is 3.82. The smallest absolute Gasteiger partial charge is 0.0824 e. The van der Waals surface area contributed by atoms with E-state index in [1.807, 2.05) is 30.3 Å². The number of ether oxygens (including phenoxy) is 1. The minimum atomic E-state index is -0.424. The first-order valence-electron chi connectivity index (χ1n) is 7.32. The quantitative estimate of drug-likeness (QED) is 0.838. The van der Waals surface area contributed by atoms with Crippen LogP contribution in [0, 0.1) is 5.92 Å². The molecule has 20 heavy (non-hydrogen) atoms. The van der Waals surface area contributed by atoms with Crippen LogP contribution in [0.15, 0.2) is 53.6 Å². The van der Waals surface area contributed by atoms with Crippen molar-refractivity contribution in [1.82, 2.24) is 0 Å². The molecule has 1 saturated heterocycles. The van der Waals surface area contributed by atoms with E-state index >= 15 is 0 Å². The molecule has 0 radical (unpaired) electrons. The molecule has 0 spiro atoms. The van der Waals surface area contributed by atoms with Gasteiger partial charge in [0, 0.05) is 5.92 Å². The highest BCUT2D eigenvalue weighted by Crippen LogP contribution is 2.26. The Morgan fingerprint density at radius 1 is 1.35 bits per heavy atom. The van der Waals surface area contributed by atoms with Crippen molar-refractivity contribution < 1.29 is 9.84 Å². The Bertz CT molecular complexity index is 469. The van der Waals surface area contributed by atoms with Crippen LogP contribution in [0.5, 0.6) is 0 Å². The van der Waals surface area contributed by atoms with Crippen molar-refractivity contribution in [3.8, 4) is 0 Å². The first-order chi connectivity index (χ1) is 9.68. The minimum absolute atomic E-state index is 0.372. The normalized spacial score (nSPS) is 21.1. The molecule has 1 heterocycles. The standard InChI is InChI=1S/C18H24O2/c1-14(2)17-11-12-20-13-16(17)9-6-10-18(19)15-7-4-3-5-8-15/h3-9,16,18-19H,10-13H2,1-2H3/b9-6+/t16-,18+/m1/s1. The zero-order chi connectivity index (χ0) is 14.4. The van der Waals surface area contributed by atoms with Gasteiger partial charge in [-0.25, -0.2) is 0 Å². The van der Waals surface area contributed by atoms with Gasteiger partial charge in [0.1, 0.15) is 0 Å². The molecule has 2 rings (SSSR count). The molecule has 0 aliphatic carbocycles. The fourth-order valence-corrected chi connectivity index (χ4v) is 2.65. The second-order valence-electron chi connectivity index (χ2n) is 5.55. The summed E-state index contributed by atoms with van der Waals surface area (Å²) >= 11 is 0. The van der Waals surface area contributed by atoms with Gasteiger partial charge in [0.05, 0.1) is 19.3 Å². The summed E-state index contributed by atoms with van der Waals surface area (Å²) in [6, 6.07) is 9.80. The average Bonchev–Trinajstić information content (AvgIpc) is 2.48. The van der Waals surface area contributed by atoms with Crippen LogP contribution in [0.4, 0.5) is 0 Å². The van der Waals surface area contributed by atoms with Crippen LogP contribution in [-0.2, 0) is 4.74 Å². The molecule has 1 fully saturated rings. The lowest BCUT2D eigenvalue weighted by molar-refractivity contribution is 0.0969. The number of allylic oxidation sites excluding steroid dienone is 1. The van der Waals surface area contributed by atoms with E-state index < -0.39 is 6.10 Å². The van der Waals surface area contributed by atoms with Crippen LogP contribution in [0.25, 0.3) is 0 Å². The SMILES string of the molecule is CC(C)=C1CCOC[C@H]1/C=C/C[C@H](O)c1ccccc1. The van der Waals surface area contributed by atoms with Crippen molar-refractivity contribution in [2.45, 2.75) is 32.8 Å². The maximum Gasteiger partial charge on any atom is 0.0824 e. The summed E-state index contributed by atoms with van der Waals surface area (Å²) in [5, 5.41) is 10.1. The monoisotopic (exact) mass is 272 g/mol. The highest BCUT2D eigenvalue weighted by molar-refractivity contribution is 5.21. The molecular formula is C18H24O2. The topological polar surface area (TPSA) is 29.5 Å². The molecule has 0 amide bonds. The Labute approximate surface area is 121 Å². The molecule has 0 bridgehead atoms. The molecule has 0 aromatic heterocycles. The van der Waals surface area contributed by atoms with E-state index in [0.29, 0.717) is 12.3 Å². The molecule has 1 aliphatic rings. The van der Waals surface area contributed by atoms with Crippen molar-refractivity contribution in [3.63, 3.8) is 0 Å². The summed E-state index contributed by atoms with van der Waals surface area (Å²) in [5.74, 6) is 0.372. The van der Waals surface area contributed by atoms with Crippen molar-refractivity contribution >= 4 is 0 Å². The number of benzene rings is 1. The largest absolute Gasteiger partial charge is 0.388 e. The van der Waals surface area contributed by atoms with E-state index in [9.17, 15) is 5.11 Å². The first-order valence-corrected chi connectivity index (χ1v) is 7.32. The number of rotatable bonds is 4. The molecular weight excluding hydrogens is 248 g/mol. The Balaban J connectivity index is 1.94. The number of hydrogen-bond acceptors (Lipinski definition) is 2. The van der Waals surface area contributed by atoms with Gasteiger partial charge in [0.2, 0.25) is 0 Å².